The lowest BCUT2D eigenvalue weighted by atomic mass is 10.1. The standard InChI is InChI=1S/C18H25N5O5/c1-12-11-13(6-7-14(12)23(27)28)17(25)22-10-4-5-15(22)16(24)19-8-9-20-18(26)21(2)3/h6-7,11,15H,4-5,8-10H2,1-3H3,(H,19,24)(H,20,26)/t15-/m0/s1. The van der Waals surface area contributed by atoms with Crippen LogP contribution in [0.5, 0.6) is 0 Å². The summed E-state index contributed by atoms with van der Waals surface area (Å²) in [6.45, 7) is 2.56. The Bertz CT molecular complexity index is 780. The van der Waals surface area contributed by atoms with Gasteiger partial charge in [-0.1, -0.05) is 0 Å². The van der Waals surface area contributed by atoms with E-state index in [1.165, 1.54) is 28.0 Å². The minimum atomic E-state index is -0.590. The average Bonchev–Trinajstić information content (AvgIpc) is 3.13. The molecule has 2 N–H and O–H groups in total. The molecule has 1 heterocycles. The van der Waals surface area contributed by atoms with Crippen molar-refractivity contribution >= 4 is 23.5 Å². The first kappa shape index (κ1) is 21.1. The number of hydrogen-bond acceptors (Lipinski definition) is 5. The van der Waals surface area contributed by atoms with Crippen LogP contribution in [-0.4, -0.2) is 72.3 Å². The number of urea groups is 1. The number of likely N-dealkylation sites (tertiary alicyclic amines) is 1. The van der Waals surface area contributed by atoms with E-state index in [0.717, 1.165) is 0 Å². The highest BCUT2D eigenvalue weighted by atomic mass is 16.6. The van der Waals surface area contributed by atoms with Gasteiger partial charge in [-0.3, -0.25) is 19.7 Å². The van der Waals surface area contributed by atoms with Gasteiger partial charge in [0, 0.05) is 50.9 Å². The largest absolute Gasteiger partial charge is 0.353 e. The van der Waals surface area contributed by atoms with Gasteiger partial charge in [-0.15, -0.1) is 0 Å². The first-order chi connectivity index (χ1) is 13.2. The fourth-order valence-corrected chi connectivity index (χ4v) is 3.07. The number of nitrogens with one attached hydrogen (secondary N) is 2. The Labute approximate surface area is 163 Å². The minimum absolute atomic E-state index is 0.0490. The topological polar surface area (TPSA) is 125 Å². The van der Waals surface area contributed by atoms with Crippen molar-refractivity contribution in [3.8, 4) is 0 Å². The number of nitro groups is 1. The molecule has 28 heavy (non-hydrogen) atoms. The molecule has 2 rings (SSSR count). The summed E-state index contributed by atoms with van der Waals surface area (Å²) in [6.07, 6.45) is 1.25. The first-order valence-corrected chi connectivity index (χ1v) is 9.01. The Morgan fingerprint density at radius 2 is 1.93 bits per heavy atom. The molecule has 0 spiro atoms. The fourth-order valence-electron chi connectivity index (χ4n) is 3.07. The van der Waals surface area contributed by atoms with Gasteiger partial charge in [-0.25, -0.2) is 4.79 Å². The number of aryl methyl sites for hydroxylation is 1. The Morgan fingerprint density at radius 1 is 1.25 bits per heavy atom. The minimum Gasteiger partial charge on any atom is -0.353 e. The molecule has 4 amide bonds. The molecule has 1 aliphatic rings. The summed E-state index contributed by atoms with van der Waals surface area (Å²) >= 11 is 0. The van der Waals surface area contributed by atoms with Crippen molar-refractivity contribution in [2.24, 2.45) is 0 Å². The zero-order valence-corrected chi connectivity index (χ0v) is 16.2. The lowest BCUT2D eigenvalue weighted by molar-refractivity contribution is -0.385. The molecule has 0 unspecified atom stereocenters. The Morgan fingerprint density at radius 3 is 2.54 bits per heavy atom. The van der Waals surface area contributed by atoms with E-state index in [9.17, 15) is 24.5 Å². The van der Waals surface area contributed by atoms with E-state index in [0.29, 0.717) is 30.5 Å². The lowest BCUT2D eigenvalue weighted by Crippen LogP contribution is -2.48. The number of amides is 4. The van der Waals surface area contributed by atoms with Crippen LogP contribution in [0.25, 0.3) is 0 Å². The van der Waals surface area contributed by atoms with Gasteiger partial charge in [0.1, 0.15) is 6.04 Å². The molecule has 0 radical (unpaired) electrons. The van der Waals surface area contributed by atoms with Crippen LogP contribution in [0.1, 0.15) is 28.8 Å². The number of benzene rings is 1. The van der Waals surface area contributed by atoms with E-state index in [4.69, 9.17) is 0 Å². The molecule has 152 valence electrons. The third-order valence-corrected chi connectivity index (χ3v) is 4.56. The van der Waals surface area contributed by atoms with Gasteiger partial charge in [-0.2, -0.15) is 0 Å². The zero-order chi connectivity index (χ0) is 20.8. The average molecular weight is 391 g/mol. The summed E-state index contributed by atoms with van der Waals surface area (Å²) in [5, 5.41) is 16.3. The summed E-state index contributed by atoms with van der Waals surface area (Å²) < 4.78 is 0. The van der Waals surface area contributed by atoms with E-state index in [2.05, 4.69) is 10.6 Å². The van der Waals surface area contributed by atoms with Crippen LogP contribution in [-0.2, 0) is 4.79 Å². The van der Waals surface area contributed by atoms with Crippen LogP contribution < -0.4 is 10.6 Å². The second kappa shape index (κ2) is 9.16. The van der Waals surface area contributed by atoms with Crippen molar-refractivity contribution in [3.63, 3.8) is 0 Å². The van der Waals surface area contributed by atoms with Gasteiger partial charge >= 0.3 is 6.03 Å². The molecule has 0 aromatic heterocycles. The zero-order valence-electron chi connectivity index (χ0n) is 16.2. The predicted molar refractivity (Wildman–Crippen MR) is 102 cm³/mol. The number of carbonyl (C=O) groups is 3. The first-order valence-electron chi connectivity index (χ1n) is 9.01. The fraction of sp³-hybridized carbons (Fsp3) is 0.500. The number of rotatable bonds is 6. The highest BCUT2D eigenvalue weighted by molar-refractivity contribution is 5.98. The van der Waals surface area contributed by atoms with E-state index in [-0.39, 0.29) is 36.6 Å². The molecule has 10 nitrogen and oxygen atoms in total. The smallest absolute Gasteiger partial charge is 0.316 e. The summed E-state index contributed by atoms with van der Waals surface area (Å²) in [4.78, 5) is 50.0. The monoisotopic (exact) mass is 391 g/mol. The lowest BCUT2D eigenvalue weighted by Gasteiger charge is -2.24. The molecule has 0 aliphatic carbocycles. The van der Waals surface area contributed by atoms with Crippen molar-refractivity contribution in [2.45, 2.75) is 25.8 Å². The molecule has 1 fully saturated rings. The van der Waals surface area contributed by atoms with Crippen LogP contribution >= 0.6 is 0 Å². The van der Waals surface area contributed by atoms with Gasteiger partial charge in [0.15, 0.2) is 0 Å². The van der Waals surface area contributed by atoms with Crippen LogP contribution in [0, 0.1) is 17.0 Å². The molecular weight excluding hydrogens is 366 g/mol. The Balaban J connectivity index is 1.97. The SMILES string of the molecule is Cc1cc(C(=O)N2CCC[C@H]2C(=O)NCCNC(=O)N(C)C)ccc1[N+](=O)[O-]. The summed E-state index contributed by atoms with van der Waals surface area (Å²) in [5.41, 5.74) is 0.667. The quantitative estimate of drug-likeness (QED) is 0.423. The number of carbonyl (C=O) groups excluding carboxylic acids is 3. The van der Waals surface area contributed by atoms with E-state index < -0.39 is 11.0 Å². The van der Waals surface area contributed by atoms with Gasteiger partial charge in [-0.05, 0) is 31.9 Å². The number of nitro benzene ring substituents is 1. The highest BCUT2D eigenvalue weighted by Gasteiger charge is 2.34. The van der Waals surface area contributed by atoms with Crippen LogP contribution in [0.2, 0.25) is 0 Å². The second-order valence-electron chi connectivity index (χ2n) is 6.83. The molecule has 1 aromatic carbocycles. The van der Waals surface area contributed by atoms with Gasteiger partial charge < -0.3 is 20.4 Å². The molecule has 1 saturated heterocycles. The van der Waals surface area contributed by atoms with Crippen molar-refractivity contribution in [3.05, 3.63) is 39.4 Å². The molecule has 1 atom stereocenters. The molecule has 1 aliphatic heterocycles. The number of nitrogens with zero attached hydrogens (tertiary/aromatic N) is 3. The molecule has 1 aromatic rings. The summed E-state index contributed by atoms with van der Waals surface area (Å²) in [6, 6.07) is 3.36. The van der Waals surface area contributed by atoms with Crippen LogP contribution in [0.15, 0.2) is 18.2 Å². The van der Waals surface area contributed by atoms with E-state index in [1.54, 1.807) is 21.0 Å². The van der Waals surface area contributed by atoms with Crippen LogP contribution in [0.3, 0.4) is 0 Å². The third-order valence-electron chi connectivity index (χ3n) is 4.56. The maximum Gasteiger partial charge on any atom is 0.316 e. The summed E-state index contributed by atoms with van der Waals surface area (Å²) in [7, 11) is 3.24. The van der Waals surface area contributed by atoms with E-state index >= 15 is 0 Å². The van der Waals surface area contributed by atoms with Crippen molar-refractivity contribution in [1.82, 2.24) is 20.4 Å². The Kier molecular flexibility index (Phi) is 6.91. The second-order valence-corrected chi connectivity index (χ2v) is 6.83. The predicted octanol–water partition coefficient (Wildman–Crippen LogP) is 0.895. The molecule has 10 heteroatoms. The number of hydrogen-bond donors (Lipinski definition) is 2. The molecule has 0 saturated carbocycles. The van der Waals surface area contributed by atoms with Crippen molar-refractivity contribution in [1.29, 1.82) is 0 Å². The maximum absolute atomic E-state index is 12.8. The van der Waals surface area contributed by atoms with Crippen molar-refractivity contribution in [2.75, 3.05) is 33.7 Å². The molecule has 0 bridgehead atoms. The van der Waals surface area contributed by atoms with E-state index in [1.807, 2.05) is 0 Å². The normalized spacial score (nSPS) is 15.8. The van der Waals surface area contributed by atoms with Gasteiger partial charge in [0.05, 0.1) is 4.92 Å². The van der Waals surface area contributed by atoms with Gasteiger partial charge in [0.25, 0.3) is 11.6 Å². The summed E-state index contributed by atoms with van der Waals surface area (Å²) in [5.74, 6) is -0.597. The highest BCUT2D eigenvalue weighted by Crippen LogP contribution is 2.23. The maximum atomic E-state index is 12.8. The molecular formula is C18H25N5O5. The van der Waals surface area contributed by atoms with Crippen LogP contribution in [0.4, 0.5) is 10.5 Å². The van der Waals surface area contributed by atoms with Gasteiger partial charge in [0.2, 0.25) is 5.91 Å². The van der Waals surface area contributed by atoms with Crippen molar-refractivity contribution < 1.29 is 19.3 Å². The third kappa shape index (κ3) is 4.96. The Hall–Kier alpha value is -3.17.